The molecule has 0 aliphatic heterocycles. The number of nitrogens with two attached hydrogens (primary N) is 2. The van der Waals surface area contributed by atoms with Gasteiger partial charge in [-0.3, -0.25) is 9.59 Å². The molecule has 1 rings (SSSR count). The highest BCUT2D eigenvalue weighted by Gasteiger charge is 2.05. The molecule has 0 atom stereocenters. The summed E-state index contributed by atoms with van der Waals surface area (Å²) in [6, 6.07) is 0. The van der Waals surface area contributed by atoms with Crippen LogP contribution in [0.2, 0.25) is 0 Å². The molecular weight excluding hydrogens is 200 g/mol. The fraction of sp³-hybridized carbons (Fsp3) is 0. The smallest absolute Gasteiger partial charge is 0.329 e. The van der Waals surface area contributed by atoms with Gasteiger partial charge >= 0.3 is 11.8 Å². The molecule has 1 heterocycles. The molecule has 8 heteroatoms. The Morgan fingerprint density at radius 2 is 2.00 bits per heavy atom. The third-order valence-corrected chi connectivity index (χ3v) is 1.30. The first-order valence-electron chi connectivity index (χ1n) is 3.80. The second-order valence-electron chi connectivity index (χ2n) is 2.44. The number of primary amides is 1. The lowest BCUT2D eigenvalue weighted by Gasteiger charge is -1.94. The van der Waals surface area contributed by atoms with E-state index in [0.29, 0.717) is 5.56 Å². The van der Waals surface area contributed by atoms with E-state index in [9.17, 15) is 9.59 Å². The molecule has 0 saturated heterocycles. The van der Waals surface area contributed by atoms with Crippen molar-refractivity contribution in [2.24, 2.45) is 10.8 Å². The van der Waals surface area contributed by atoms with Gasteiger partial charge in [0.1, 0.15) is 0 Å². The quantitative estimate of drug-likeness (QED) is 0.293. The van der Waals surface area contributed by atoms with Crippen molar-refractivity contribution in [3.8, 4) is 0 Å². The van der Waals surface area contributed by atoms with Crippen LogP contribution in [0, 0.1) is 0 Å². The molecule has 78 valence electrons. The minimum absolute atomic E-state index is 0.133. The van der Waals surface area contributed by atoms with E-state index in [1.807, 2.05) is 5.43 Å². The number of nitrogens with one attached hydrogen (secondary N) is 1. The molecule has 5 N–H and O–H groups in total. The highest BCUT2D eigenvalue weighted by atomic mass is 16.2. The number of aromatic nitrogens is 2. The summed E-state index contributed by atoms with van der Waals surface area (Å²) < 4.78 is 0. The second-order valence-corrected chi connectivity index (χ2v) is 2.44. The first kappa shape index (κ1) is 10.6. The van der Waals surface area contributed by atoms with Crippen LogP contribution in [0.5, 0.6) is 0 Å². The summed E-state index contributed by atoms with van der Waals surface area (Å²) in [6.45, 7) is 0. The highest BCUT2D eigenvalue weighted by Crippen LogP contribution is 1.92. The van der Waals surface area contributed by atoms with Gasteiger partial charge in [-0.05, 0) is 0 Å². The normalized spacial score (nSPS) is 10.1. The molecule has 1 aromatic heterocycles. The van der Waals surface area contributed by atoms with Crippen LogP contribution in [0.3, 0.4) is 0 Å². The molecule has 0 aliphatic rings. The molecule has 0 spiro atoms. The Morgan fingerprint density at radius 3 is 2.53 bits per heavy atom. The number of hydrogen-bond donors (Lipinski definition) is 3. The number of rotatable bonds is 2. The van der Waals surface area contributed by atoms with Gasteiger partial charge in [-0.1, -0.05) is 0 Å². The average molecular weight is 208 g/mol. The van der Waals surface area contributed by atoms with E-state index in [1.54, 1.807) is 0 Å². The molecular formula is C7H8N6O2. The largest absolute Gasteiger partial charge is 0.368 e. The number of nitrogen functional groups attached to an aromatic ring is 1. The molecule has 0 fully saturated rings. The predicted molar refractivity (Wildman–Crippen MR) is 51.4 cm³/mol. The van der Waals surface area contributed by atoms with Gasteiger partial charge < -0.3 is 11.5 Å². The van der Waals surface area contributed by atoms with Gasteiger partial charge in [0.15, 0.2) is 0 Å². The summed E-state index contributed by atoms with van der Waals surface area (Å²) in [5.41, 5.74) is 12.4. The van der Waals surface area contributed by atoms with E-state index >= 15 is 0 Å². The fourth-order valence-electron chi connectivity index (χ4n) is 0.635. The maximum Gasteiger partial charge on any atom is 0.329 e. The molecule has 0 aliphatic carbocycles. The zero-order valence-electron chi connectivity index (χ0n) is 7.54. The first-order chi connectivity index (χ1) is 7.09. The van der Waals surface area contributed by atoms with E-state index in [2.05, 4.69) is 20.8 Å². The Morgan fingerprint density at radius 1 is 1.40 bits per heavy atom. The molecule has 0 bridgehead atoms. The van der Waals surface area contributed by atoms with Crippen LogP contribution in [0.25, 0.3) is 0 Å². The third kappa shape index (κ3) is 3.38. The van der Waals surface area contributed by atoms with Gasteiger partial charge in [0, 0.05) is 18.0 Å². The van der Waals surface area contributed by atoms with Gasteiger partial charge in [-0.15, -0.1) is 0 Å². The highest BCUT2D eigenvalue weighted by molar-refractivity contribution is 6.34. The van der Waals surface area contributed by atoms with Gasteiger partial charge in [0.2, 0.25) is 5.95 Å². The van der Waals surface area contributed by atoms with E-state index in [4.69, 9.17) is 5.73 Å². The SMILES string of the molecule is NC(=O)C(=O)NN=Cc1cnc(N)nc1. The zero-order chi connectivity index (χ0) is 11.3. The topological polar surface area (TPSA) is 136 Å². The zero-order valence-corrected chi connectivity index (χ0v) is 7.54. The maximum atomic E-state index is 10.6. The standard InChI is InChI=1S/C7H8N6O2/c8-5(14)6(15)13-12-3-4-1-10-7(9)11-2-4/h1-3H,(H2,8,14)(H,13,15)(H2,9,10,11). The molecule has 2 amide bonds. The Hall–Kier alpha value is -2.51. The molecule has 0 radical (unpaired) electrons. The first-order valence-corrected chi connectivity index (χ1v) is 3.80. The van der Waals surface area contributed by atoms with Crippen molar-refractivity contribution in [3.05, 3.63) is 18.0 Å². The third-order valence-electron chi connectivity index (χ3n) is 1.30. The number of hydrogen-bond acceptors (Lipinski definition) is 6. The summed E-state index contributed by atoms with van der Waals surface area (Å²) >= 11 is 0. The maximum absolute atomic E-state index is 10.6. The number of amides is 2. The minimum atomic E-state index is -1.11. The Balaban J connectivity index is 2.55. The van der Waals surface area contributed by atoms with Gasteiger partial charge in [-0.25, -0.2) is 15.4 Å². The van der Waals surface area contributed by atoms with E-state index < -0.39 is 11.8 Å². The van der Waals surface area contributed by atoms with Crippen molar-refractivity contribution in [2.75, 3.05) is 5.73 Å². The Labute approximate surface area is 84.4 Å². The van der Waals surface area contributed by atoms with Crippen LogP contribution in [0.1, 0.15) is 5.56 Å². The predicted octanol–water partition coefficient (Wildman–Crippen LogP) is -2.01. The molecule has 8 nitrogen and oxygen atoms in total. The lowest BCUT2D eigenvalue weighted by Crippen LogP contribution is -2.32. The van der Waals surface area contributed by atoms with Crippen molar-refractivity contribution in [1.82, 2.24) is 15.4 Å². The minimum Gasteiger partial charge on any atom is -0.368 e. The monoisotopic (exact) mass is 208 g/mol. The van der Waals surface area contributed by atoms with E-state index in [0.717, 1.165) is 0 Å². The second kappa shape index (κ2) is 4.65. The van der Waals surface area contributed by atoms with Crippen molar-refractivity contribution >= 4 is 24.0 Å². The Bertz CT molecular complexity index is 398. The van der Waals surface area contributed by atoms with E-state index in [1.165, 1.54) is 18.6 Å². The molecule has 1 aromatic rings. The summed E-state index contributed by atoms with van der Waals surface area (Å²) in [7, 11) is 0. The number of anilines is 1. The van der Waals surface area contributed by atoms with Crippen LogP contribution >= 0.6 is 0 Å². The number of nitrogens with zero attached hydrogens (tertiary/aromatic N) is 3. The Kier molecular flexibility index (Phi) is 3.28. The lowest BCUT2D eigenvalue weighted by atomic mass is 10.4. The van der Waals surface area contributed by atoms with Gasteiger partial charge in [-0.2, -0.15) is 5.10 Å². The van der Waals surface area contributed by atoms with E-state index in [-0.39, 0.29) is 5.95 Å². The van der Waals surface area contributed by atoms with Crippen molar-refractivity contribution < 1.29 is 9.59 Å². The van der Waals surface area contributed by atoms with Crippen LogP contribution in [-0.2, 0) is 9.59 Å². The van der Waals surface area contributed by atoms with Gasteiger partial charge in [0.25, 0.3) is 0 Å². The van der Waals surface area contributed by atoms with Gasteiger partial charge in [0.05, 0.1) is 6.21 Å². The van der Waals surface area contributed by atoms with Crippen LogP contribution in [-0.4, -0.2) is 28.0 Å². The molecule has 0 aromatic carbocycles. The van der Waals surface area contributed by atoms with Crippen LogP contribution in [0.4, 0.5) is 5.95 Å². The van der Waals surface area contributed by atoms with Crippen molar-refractivity contribution in [1.29, 1.82) is 0 Å². The molecule has 0 saturated carbocycles. The molecule has 15 heavy (non-hydrogen) atoms. The lowest BCUT2D eigenvalue weighted by molar-refractivity contribution is -0.137. The summed E-state index contributed by atoms with van der Waals surface area (Å²) in [4.78, 5) is 28.3. The summed E-state index contributed by atoms with van der Waals surface area (Å²) in [6.07, 6.45) is 4.06. The average Bonchev–Trinajstić information content (AvgIpc) is 2.20. The number of hydrazone groups is 1. The summed E-state index contributed by atoms with van der Waals surface area (Å²) in [5.74, 6) is -1.98. The number of carbonyl (C=O) groups is 2. The summed E-state index contributed by atoms with van der Waals surface area (Å²) in [5, 5.41) is 3.45. The fourth-order valence-corrected chi connectivity index (χ4v) is 0.635. The number of carbonyl (C=O) groups excluding carboxylic acids is 2. The van der Waals surface area contributed by atoms with Crippen molar-refractivity contribution in [2.45, 2.75) is 0 Å². The van der Waals surface area contributed by atoms with Crippen LogP contribution in [0.15, 0.2) is 17.5 Å². The van der Waals surface area contributed by atoms with Crippen molar-refractivity contribution in [3.63, 3.8) is 0 Å². The molecule has 0 unspecified atom stereocenters. The van der Waals surface area contributed by atoms with Crippen LogP contribution < -0.4 is 16.9 Å².